The number of rotatable bonds is 2. The molecule has 0 radical (unpaired) electrons. The van der Waals surface area contributed by atoms with E-state index in [-0.39, 0.29) is 0 Å². The molecule has 0 atom stereocenters. The molecule has 0 unspecified atom stereocenters. The van der Waals surface area contributed by atoms with Gasteiger partial charge < -0.3 is 4.90 Å². The number of hydrogen-bond acceptors (Lipinski definition) is 3. The summed E-state index contributed by atoms with van der Waals surface area (Å²) in [5.41, 5.74) is 4.55. The van der Waals surface area contributed by atoms with E-state index in [0.717, 1.165) is 46.5 Å². The van der Waals surface area contributed by atoms with Gasteiger partial charge in [0.25, 0.3) is 0 Å². The average molecular weight is 381 g/mol. The van der Waals surface area contributed by atoms with E-state index in [1.165, 1.54) is 38.5 Å². The fourth-order valence-corrected chi connectivity index (χ4v) is 5.31. The largest absolute Gasteiger partial charge is 0.342 e. The number of benzene rings is 1. The molecule has 1 aliphatic carbocycles. The van der Waals surface area contributed by atoms with Gasteiger partial charge in [-0.25, -0.2) is 9.97 Å². The molecular formula is C22H25ClN4. The first kappa shape index (κ1) is 17.1. The Morgan fingerprint density at radius 1 is 1.04 bits per heavy atom. The Labute approximate surface area is 165 Å². The number of piperidine rings is 1. The number of nitrogens with zero attached hydrogens (tertiary/aromatic N) is 4. The first-order chi connectivity index (χ1) is 13.2. The Morgan fingerprint density at radius 3 is 2.52 bits per heavy atom. The van der Waals surface area contributed by atoms with Crippen molar-refractivity contribution < 1.29 is 0 Å². The van der Waals surface area contributed by atoms with Gasteiger partial charge in [-0.05, 0) is 44.1 Å². The zero-order chi connectivity index (χ0) is 18.4. The van der Waals surface area contributed by atoms with Crippen LogP contribution in [0.25, 0.3) is 16.8 Å². The first-order valence-electron chi connectivity index (χ1n) is 10.0. The highest BCUT2D eigenvalue weighted by Crippen LogP contribution is 2.46. The molecule has 5 rings (SSSR count). The minimum atomic E-state index is 0.608. The van der Waals surface area contributed by atoms with E-state index in [4.69, 9.17) is 16.6 Å². The SMILES string of the molecule is Cc1nc(N2CCC3(CCCC3)CC2)n2ccnc2c1-c1ccccc1Cl. The van der Waals surface area contributed by atoms with Gasteiger partial charge in [0, 0.05) is 41.6 Å². The Kier molecular flexibility index (Phi) is 4.12. The zero-order valence-corrected chi connectivity index (χ0v) is 16.5. The summed E-state index contributed by atoms with van der Waals surface area (Å²) >= 11 is 6.48. The molecule has 1 spiro atoms. The summed E-state index contributed by atoms with van der Waals surface area (Å²) in [6.07, 6.45) is 12.1. The van der Waals surface area contributed by atoms with E-state index >= 15 is 0 Å². The van der Waals surface area contributed by atoms with Crippen molar-refractivity contribution in [1.82, 2.24) is 14.4 Å². The lowest BCUT2D eigenvalue weighted by Crippen LogP contribution is -2.40. The Morgan fingerprint density at radius 2 is 1.78 bits per heavy atom. The molecule has 0 amide bonds. The topological polar surface area (TPSA) is 33.4 Å². The summed E-state index contributed by atoms with van der Waals surface area (Å²) in [7, 11) is 0. The number of hydrogen-bond donors (Lipinski definition) is 0. The molecule has 0 bridgehead atoms. The predicted molar refractivity (Wildman–Crippen MR) is 111 cm³/mol. The standard InChI is InChI=1S/C22H25ClN4/c1-16-19(17-6-2-3-7-18(17)23)20-24-12-15-27(20)21(25-16)26-13-10-22(11-14-26)8-4-5-9-22/h2-3,6-7,12,15H,4-5,8-11,13-14H2,1H3. The number of aryl methyl sites for hydroxylation is 1. The van der Waals surface area contributed by atoms with E-state index in [1.807, 2.05) is 36.7 Å². The Bertz CT molecular complexity index is 977. The smallest absolute Gasteiger partial charge is 0.211 e. The van der Waals surface area contributed by atoms with Gasteiger partial charge in [-0.3, -0.25) is 4.40 Å². The normalized spacial score (nSPS) is 19.3. The number of fused-ring (bicyclic) bond motifs is 1. The third kappa shape index (κ3) is 2.82. The Balaban J connectivity index is 1.55. The predicted octanol–water partition coefficient (Wildman–Crippen LogP) is 5.52. The molecular weight excluding hydrogens is 356 g/mol. The molecule has 1 aliphatic heterocycles. The summed E-state index contributed by atoms with van der Waals surface area (Å²) in [6.45, 7) is 4.25. The highest BCUT2D eigenvalue weighted by atomic mass is 35.5. The number of imidazole rings is 1. The summed E-state index contributed by atoms with van der Waals surface area (Å²) in [4.78, 5) is 12.1. The van der Waals surface area contributed by atoms with E-state index < -0.39 is 0 Å². The summed E-state index contributed by atoms with van der Waals surface area (Å²) < 4.78 is 2.14. The van der Waals surface area contributed by atoms with Crippen LogP contribution in [-0.4, -0.2) is 27.5 Å². The van der Waals surface area contributed by atoms with Crippen molar-refractivity contribution in [1.29, 1.82) is 0 Å². The molecule has 4 nitrogen and oxygen atoms in total. The quantitative estimate of drug-likeness (QED) is 0.587. The lowest BCUT2D eigenvalue weighted by Gasteiger charge is -2.40. The average Bonchev–Trinajstić information content (AvgIpc) is 3.33. The Hall–Kier alpha value is -2.07. The molecule has 2 aromatic heterocycles. The van der Waals surface area contributed by atoms with E-state index in [1.54, 1.807) is 0 Å². The van der Waals surface area contributed by atoms with E-state index in [2.05, 4.69) is 21.2 Å². The fraction of sp³-hybridized carbons (Fsp3) is 0.455. The molecule has 3 heterocycles. The number of anilines is 1. The van der Waals surface area contributed by atoms with E-state index in [9.17, 15) is 0 Å². The van der Waals surface area contributed by atoms with Crippen LogP contribution in [0.5, 0.6) is 0 Å². The van der Waals surface area contributed by atoms with Crippen LogP contribution in [0.1, 0.15) is 44.2 Å². The molecule has 27 heavy (non-hydrogen) atoms. The van der Waals surface area contributed by atoms with Crippen LogP contribution in [0.3, 0.4) is 0 Å². The van der Waals surface area contributed by atoms with Crippen molar-refractivity contribution in [2.24, 2.45) is 5.41 Å². The minimum absolute atomic E-state index is 0.608. The van der Waals surface area contributed by atoms with Gasteiger partial charge in [0.15, 0.2) is 0 Å². The third-order valence-electron chi connectivity index (χ3n) is 6.62. The zero-order valence-electron chi connectivity index (χ0n) is 15.8. The molecule has 1 aromatic carbocycles. The minimum Gasteiger partial charge on any atom is -0.342 e. The van der Waals surface area contributed by atoms with Crippen molar-refractivity contribution in [3.63, 3.8) is 0 Å². The van der Waals surface area contributed by atoms with Crippen molar-refractivity contribution in [3.8, 4) is 11.1 Å². The van der Waals surface area contributed by atoms with Crippen LogP contribution in [0.4, 0.5) is 5.95 Å². The molecule has 5 heteroatoms. The second kappa shape index (κ2) is 6.52. The van der Waals surface area contributed by atoms with Gasteiger partial charge in [0.2, 0.25) is 5.95 Å². The number of halogens is 1. The highest BCUT2D eigenvalue weighted by molar-refractivity contribution is 6.33. The number of aromatic nitrogens is 3. The molecule has 140 valence electrons. The van der Waals surface area contributed by atoms with Crippen LogP contribution in [0.2, 0.25) is 5.02 Å². The lowest BCUT2D eigenvalue weighted by molar-refractivity contribution is 0.225. The highest BCUT2D eigenvalue weighted by Gasteiger charge is 2.37. The van der Waals surface area contributed by atoms with Gasteiger partial charge in [-0.15, -0.1) is 0 Å². The van der Waals surface area contributed by atoms with Crippen molar-refractivity contribution in [3.05, 3.63) is 47.4 Å². The van der Waals surface area contributed by atoms with Crippen LogP contribution in [0.15, 0.2) is 36.7 Å². The van der Waals surface area contributed by atoms with Crippen molar-refractivity contribution in [2.75, 3.05) is 18.0 Å². The second-order valence-corrected chi connectivity index (χ2v) is 8.57. The lowest BCUT2D eigenvalue weighted by atomic mass is 9.77. The summed E-state index contributed by atoms with van der Waals surface area (Å²) in [5.74, 6) is 1.02. The second-order valence-electron chi connectivity index (χ2n) is 8.17. The van der Waals surface area contributed by atoms with Crippen LogP contribution in [-0.2, 0) is 0 Å². The van der Waals surface area contributed by atoms with Gasteiger partial charge in [-0.1, -0.05) is 42.6 Å². The molecule has 3 aromatic rings. The monoisotopic (exact) mass is 380 g/mol. The van der Waals surface area contributed by atoms with Gasteiger partial charge in [-0.2, -0.15) is 0 Å². The van der Waals surface area contributed by atoms with Crippen LogP contribution in [0, 0.1) is 12.3 Å². The maximum Gasteiger partial charge on any atom is 0.211 e. The molecule has 2 aliphatic rings. The van der Waals surface area contributed by atoms with Gasteiger partial charge in [0.1, 0.15) is 5.65 Å². The van der Waals surface area contributed by atoms with E-state index in [0.29, 0.717) is 5.41 Å². The first-order valence-corrected chi connectivity index (χ1v) is 10.4. The maximum atomic E-state index is 6.48. The van der Waals surface area contributed by atoms with Crippen molar-refractivity contribution >= 4 is 23.2 Å². The van der Waals surface area contributed by atoms with Gasteiger partial charge in [0.05, 0.1) is 5.69 Å². The molecule has 1 saturated heterocycles. The summed E-state index contributed by atoms with van der Waals surface area (Å²) in [6, 6.07) is 7.94. The van der Waals surface area contributed by atoms with Crippen LogP contribution < -0.4 is 4.90 Å². The fourth-order valence-electron chi connectivity index (χ4n) is 5.08. The molecule has 2 fully saturated rings. The van der Waals surface area contributed by atoms with Crippen molar-refractivity contribution in [2.45, 2.75) is 45.4 Å². The van der Waals surface area contributed by atoms with Gasteiger partial charge >= 0.3 is 0 Å². The molecule has 0 N–H and O–H groups in total. The summed E-state index contributed by atoms with van der Waals surface area (Å²) in [5, 5.41) is 0.737. The maximum absolute atomic E-state index is 6.48. The molecule has 1 saturated carbocycles. The third-order valence-corrected chi connectivity index (χ3v) is 6.95. The van der Waals surface area contributed by atoms with Crippen LogP contribution >= 0.6 is 11.6 Å².